The van der Waals surface area contributed by atoms with Gasteiger partial charge in [-0.1, -0.05) is 19.9 Å². The van der Waals surface area contributed by atoms with E-state index in [-0.39, 0.29) is 23.1 Å². The molecule has 0 heterocycles. The molecule has 0 unspecified atom stereocenters. The van der Waals surface area contributed by atoms with Crippen LogP contribution in [0.2, 0.25) is 0 Å². The Kier molecular flexibility index (Phi) is 6.08. The summed E-state index contributed by atoms with van der Waals surface area (Å²) < 4.78 is 33.7. The molecule has 116 valence electrons. The standard InChI is InChI=1S/C14H17F2NO4/c1-9(2)6-11(17(18)19)7-10-4-5-12(21-14(15)16)13(8-10)20-3/h4-5,7-9,14H,6H2,1-3H3. The normalized spacial score (nSPS) is 11.9. The van der Waals surface area contributed by atoms with Gasteiger partial charge in [0.25, 0.3) is 0 Å². The molecule has 0 saturated heterocycles. The summed E-state index contributed by atoms with van der Waals surface area (Å²) in [4.78, 5) is 10.5. The highest BCUT2D eigenvalue weighted by molar-refractivity contribution is 5.57. The van der Waals surface area contributed by atoms with Gasteiger partial charge in [-0.15, -0.1) is 0 Å². The molecular weight excluding hydrogens is 284 g/mol. The van der Waals surface area contributed by atoms with Crippen LogP contribution in [0.15, 0.2) is 23.9 Å². The van der Waals surface area contributed by atoms with E-state index in [1.165, 1.54) is 31.4 Å². The SMILES string of the molecule is COc1cc(C=C(CC(C)C)[N+](=O)[O-])ccc1OC(F)F. The van der Waals surface area contributed by atoms with E-state index in [0.29, 0.717) is 12.0 Å². The zero-order chi connectivity index (χ0) is 16.0. The Morgan fingerprint density at radius 2 is 2.05 bits per heavy atom. The molecular formula is C14H17F2NO4. The van der Waals surface area contributed by atoms with Gasteiger partial charge in [0.2, 0.25) is 5.70 Å². The Bertz CT molecular complexity index is 530. The molecule has 0 radical (unpaired) electrons. The van der Waals surface area contributed by atoms with E-state index in [2.05, 4.69) is 4.74 Å². The fourth-order valence-electron chi connectivity index (χ4n) is 1.76. The molecule has 0 atom stereocenters. The Hall–Kier alpha value is -2.18. The Balaban J connectivity index is 3.10. The number of benzene rings is 1. The fraction of sp³-hybridized carbons (Fsp3) is 0.429. The number of nitro groups is 1. The number of rotatable bonds is 7. The second-order valence-electron chi connectivity index (χ2n) is 4.78. The molecule has 5 nitrogen and oxygen atoms in total. The molecule has 21 heavy (non-hydrogen) atoms. The molecule has 1 aromatic carbocycles. The van der Waals surface area contributed by atoms with E-state index in [1.807, 2.05) is 13.8 Å². The highest BCUT2D eigenvalue weighted by Gasteiger charge is 2.15. The second kappa shape index (κ2) is 7.56. The van der Waals surface area contributed by atoms with E-state index < -0.39 is 11.5 Å². The van der Waals surface area contributed by atoms with Gasteiger partial charge >= 0.3 is 6.61 Å². The molecule has 0 aliphatic rings. The Morgan fingerprint density at radius 3 is 2.52 bits per heavy atom. The first-order valence-corrected chi connectivity index (χ1v) is 6.31. The summed E-state index contributed by atoms with van der Waals surface area (Å²) >= 11 is 0. The molecule has 0 aliphatic carbocycles. The molecule has 0 N–H and O–H groups in total. The van der Waals surface area contributed by atoms with Crippen molar-refractivity contribution in [3.63, 3.8) is 0 Å². The van der Waals surface area contributed by atoms with Crippen LogP contribution in [0, 0.1) is 16.0 Å². The first-order chi connectivity index (χ1) is 9.83. The molecule has 0 fully saturated rings. The predicted molar refractivity (Wildman–Crippen MR) is 74.1 cm³/mol. The van der Waals surface area contributed by atoms with Crippen LogP contribution >= 0.6 is 0 Å². The number of halogens is 2. The molecule has 0 saturated carbocycles. The summed E-state index contributed by atoms with van der Waals surface area (Å²) in [7, 11) is 1.31. The van der Waals surface area contributed by atoms with Crippen molar-refractivity contribution in [2.45, 2.75) is 26.9 Å². The molecule has 0 aromatic heterocycles. The van der Waals surface area contributed by atoms with Crippen molar-refractivity contribution in [3.05, 3.63) is 39.6 Å². The van der Waals surface area contributed by atoms with E-state index in [4.69, 9.17) is 4.74 Å². The molecule has 0 amide bonds. The van der Waals surface area contributed by atoms with Gasteiger partial charge in [-0.2, -0.15) is 8.78 Å². The third kappa shape index (κ3) is 5.37. The Morgan fingerprint density at radius 1 is 1.38 bits per heavy atom. The second-order valence-corrected chi connectivity index (χ2v) is 4.78. The van der Waals surface area contributed by atoms with Crippen LogP contribution in [0.25, 0.3) is 6.08 Å². The minimum absolute atomic E-state index is 0.0505. The smallest absolute Gasteiger partial charge is 0.387 e. The zero-order valence-electron chi connectivity index (χ0n) is 12.0. The van der Waals surface area contributed by atoms with E-state index in [0.717, 1.165) is 0 Å². The van der Waals surface area contributed by atoms with Gasteiger partial charge in [0.1, 0.15) is 0 Å². The van der Waals surface area contributed by atoms with Crippen LogP contribution in [0.5, 0.6) is 11.5 Å². The number of hydrogen-bond donors (Lipinski definition) is 0. The van der Waals surface area contributed by atoms with Gasteiger partial charge in [-0.25, -0.2) is 0 Å². The van der Waals surface area contributed by atoms with E-state index in [9.17, 15) is 18.9 Å². The average Bonchev–Trinajstić information content (AvgIpc) is 2.38. The lowest BCUT2D eigenvalue weighted by Crippen LogP contribution is -2.04. The third-order valence-corrected chi connectivity index (χ3v) is 2.59. The quantitative estimate of drug-likeness (QED) is 0.565. The number of hydrogen-bond acceptors (Lipinski definition) is 4. The minimum Gasteiger partial charge on any atom is -0.493 e. The van der Waals surface area contributed by atoms with Crippen LogP contribution in [0.3, 0.4) is 0 Å². The zero-order valence-corrected chi connectivity index (χ0v) is 12.0. The summed E-state index contributed by atoms with van der Waals surface area (Å²) in [5.41, 5.74) is 0.537. The van der Waals surface area contributed by atoms with E-state index in [1.54, 1.807) is 0 Å². The maximum atomic E-state index is 12.2. The average molecular weight is 301 g/mol. The molecule has 1 aromatic rings. The molecule has 0 spiro atoms. The van der Waals surface area contributed by atoms with Crippen LogP contribution < -0.4 is 9.47 Å². The van der Waals surface area contributed by atoms with Crippen LogP contribution in [0.1, 0.15) is 25.8 Å². The fourth-order valence-corrected chi connectivity index (χ4v) is 1.76. The van der Waals surface area contributed by atoms with Crippen LogP contribution in [-0.2, 0) is 0 Å². The van der Waals surface area contributed by atoms with Gasteiger partial charge in [-0.3, -0.25) is 10.1 Å². The highest BCUT2D eigenvalue weighted by atomic mass is 19.3. The predicted octanol–water partition coefficient (Wildman–Crippen LogP) is 3.96. The summed E-state index contributed by atoms with van der Waals surface area (Å²) in [5, 5.41) is 11.0. The topological polar surface area (TPSA) is 61.6 Å². The van der Waals surface area contributed by atoms with Crippen LogP contribution in [0.4, 0.5) is 8.78 Å². The highest BCUT2D eigenvalue weighted by Crippen LogP contribution is 2.30. The number of nitrogens with zero attached hydrogens (tertiary/aromatic N) is 1. The van der Waals surface area contributed by atoms with Crippen molar-refractivity contribution in [1.82, 2.24) is 0 Å². The van der Waals surface area contributed by atoms with Crippen molar-refractivity contribution < 1.29 is 23.2 Å². The van der Waals surface area contributed by atoms with Gasteiger partial charge in [0.05, 0.1) is 12.0 Å². The summed E-state index contributed by atoms with van der Waals surface area (Å²) in [6.45, 7) is 0.783. The van der Waals surface area contributed by atoms with Crippen molar-refractivity contribution in [3.8, 4) is 11.5 Å². The number of ether oxygens (including phenoxy) is 2. The molecule has 1 rings (SSSR count). The third-order valence-electron chi connectivity index (χ3n) is 2.59. The first-order valence-electron chi connectivity index (χ1n) is 6.31. The lowest BCUT2D eigenvalue weighted by atomic mass is 10.1. The van der Waals surface area contributed by atoms with Gasteiger partial charge in [-0.05, 0) is 23.6 Å². The monoisotopic (exact) mass is 301 g/mol. The van der Waals surface area contributed by atoms with E-state index >= 15 is 0 Å². The van der Waals surface area contributed by atoms with Gasteiger partial charge < -0.3 is 9.47 Å². The summed E-state index contributed by atoms with van der Waals surface area (Å²) in [5.74, 6) is 0.109. The number of alkyl halides is 2. The van der Waals surface area contributed by atoms with Gasteiger partial charge in [0, 0.05) is 12.5 Å². The number of methoxy groups -OCH3 is 1. The largest absolute Gasteiger partial charge is 0.493 e. The lowest BCUT2D eigenvalue weighted by Gasteiger charge is -2.10. The minimum atomic E-state index is -2.96. The van der Waals surface area contributed by atoms with Crippen molar-refractivity contribution in [2.75, 3.05) is 7.11 Å². The Labute approximate surface area is 121 Å². The maximum absolute atomic E-state index is 12.2. The summed E-state index contributed by atoms with van der Waals surface area (Å²) in [6, 6.07) is 4.18. The van der Waals surface area contributed by atoms with Gasteiger partial charge in [0.15, 0.2) is 11.5 Å². The first kappa shape index (κ1) is 16.9. The van der Waals surface area contributed by atoms with Crippen LogP contribution in [-0.4, -0.2) is 18.6 Å². The molecule has 0 aliphatic heterocycles. The van der Waals surface area contributed by atoms with Crippen molar-refractivity contribution >= 4 is 6.08 Å². The number of allylic oxidation sites excluding steroid dienone is 1. The van der Waals surface area contributed by atoms with Crippen molar-refractivity contribution in [2.24, 2.45) is 5.92 Å². The van der Waals surface area contributed by atoms with Crippen molar-refractivity contribution in [1.29, 1.82) is 0 Å². The maximum Gasteiger partial charge on any atom is 0.387 e. The molecule has 7 heteroatoms. The summed E-state index contributed by atoms with van der Waals surface area (Å²) in [6.07, 6.45) is 1.71. The molecule has 0 bridgehead atoms. The lowest BCUT2D eigenvalue weighted by molar-refractivity contribution is -0.427.